The van der Waals surface area contributed by atoms with Crippen LogP contribution < -0.4 is 10.6 Å². The Hall–Kier alpha value is -1.26. The van der Waals surface area contributed by atoms with Crippen molar-refractivity contribution in [3.05, 3.63) is 0 Å². The molecule has 2 fully saturated rings. The van der Waals surface area contributed by atoms with E-state index in [1.165, 1.54) is 25.7 Å². The van der Waals surface area contributed by atoms with Gasteiger partial charge in [0, 0.05) is 13.1 Å². The van der Waals surface area contributed by atoms with Crippen molar-refractivity contribution in [1.29, 1.82) is 0 Å². The van der Waals surface area contributed by atoms with Crippen molar-refractivity contribution >= 4 is 12.0 Å². The molecule has 108 valence electrons. The average molecular weight is 268 g/mol. The Balaban J connectivity index is 1.68. The quantitative estimate of drug-likeness (QED) is 0.659. The molecule has 0 unspecified atom stereocenters. The normalized spacial score (nSPS) is 19.3. The number of rotatable bonds is 7. The molecule has 0 aliphatic heterocycles. The van der Waals surface area contributed by atoms with E-state index in [0.29, 0.717) is 5.92 Å². The summed E-state index contributed by atoms with van der Waals surface area (Å²) in [7, 11) is 0. The van der Waals surface area contributed by atoms with Crippen LogP contribution in [0.25, 0.3) is 0 Å². The van der Waals surface area contributed by atoms with Gasteiger partial charge in [-0.1, -0.05) is 0 Å². The second-order valence-corrected chi connectivity index (χ2v) is 6.59. The monoisotopic (exact) mass is 268 g/mol. The molecule has 2 aliphatic rings. The van der Waals surface area contributed by atoms with Gasteiger partial charge >= 0.3 is 12.0 Å². The first-order valence-electron chi connectivity index (χ1n) is 7.15. The van der Waals surface area contributed by atoms with Gasteiger partial charge in [0.2, 0.25) is 0 Å². The smallest absolute Gasteiger partial charge is 0.314 e. The Kier molecular flexibility index (Phi) is 4.02. The van der Waals surface area contributed by atoms with Crippen molar-refractivity contribution in [2.75, 3.05) is 13.1 Å². The lowest BCUT2D eigenvalue weighted by Gasteiger charge is -2.21. The largest absolute Gasteiger partial charge is 0.481 e. The van der Waals surface area contributed by atoms with Crippen LogP contribution in [0.2, 0.25) is 0 Å². The van der Waals surface area contributed by atoms with E-state index in [4.69, 9.17) is 5.11 Å². The summed E-state index contributed by atoms with van der Waals surface area (Å²) < 4.78 is 0. The molecule has 2 saturated carbocycles. The third-order valence-corrected chi connectivity index (χ3v) is 4.22. The zero-order chi connectivity index (χ0) is 14.0. The molecular formula is C14H24N2O3. The number of hydrogen-bond donors (Lipinski definition) is 3. The fourth-order valence-electron chi connectivity index (χ4n) is 2.42. The van der Waals surface area contributed by atoms with Gasteiger partial charge in [0.05, 0.1) is 5.41 Å². The lowest BCUT2D eigenvalue weighted by atomic mass is 9.94. The molecule has 0 atom stereocenters. The molecule has 19 heavy (non-hydrogen) atoms. The molecule has 3 N–H and O–H groups in total. The van der Waals surface area contributed by atoms with E-state index in [1.54, 1.807) is 13.8 Å². The van der Waals surface area contributed by atoms with Crippen molar-refractivity contribution < 1.29 is 14.7 Å². The van der Waals surface area contributed by atoms with Gasteiger partial charge in [0.25, 0.3) is 0 Å². The van der Waals surface area contributed by atoms with Gasteiger partial charge in [0.15, 0.2) is 0 Å². The molecular weight excluding hydrogens is 244 g/mol. The molecule has 2 amide bonds. The van der Waals surface area contributed by atoms with Crippen LogP contribution in [0.3, 0.4) is 0 Å². The van der Waals surface area contributed by atoms with Crippen LogP contribution in [0.1, 0.15) is 39.5 Å². The number of amides is 2. The number of carbonyl (C=O) groups is 2. The van der Waals surface area contributed by atoms with E-state index in [-0.39, 0.29) is 12.6 Å². The summed E-state index contributed by atoms with van der Waals surface area (Å²) in [4.78, 5) is 22.6. The maximum Gasteiger partial charge on any atom is 0.314 e. The van der Waals surface area contributed by atoms with E-state index in [2.05, 4.69) is 10.6 Å². The maximum absolute atomic E-state index is 11.7. The highest BCUT2D eigenvalue weighted by atomic mass is 16.4. The topological polar surface area (TPSA) is 78.4 Å². The third kappa shape index (κ3) is 4.11. The Morgan fingerprint density at radius 2 is 1.68 bits per heavy atom. The fourth-order valence-corrected chi connectivity index (χ4v) is 2.42. The number of carboxylic acid groups (broad SMARTS) is 1. The molecule has 0 radical (unpaired) electrons. The van der Waals surface area contributed by atoms with E-state index in [1.807, 2.05) is 0 Å². The Morgan fingerprint density at radius 3 is 2.11 bits per heavy atom. The van der Waals surface area contributed by atoms with Crippen molar-refractivity contribution in [3.63, 3.8) is 0 Å². The van der Waals surface area contributed by atoms with E-state index < -0.39 is 11.4 Å². The Labute approximate surface area is 114 Å². The molecule has 2 aliphatic carbocycles. The Bertz CT molecular complexity index is 348. The molecule has 5 nitrogen and oxygen atoms in total. The number of carbonyl (C=O) groups excluding carboxylic acids is 1. The van der Waals surface area contributed by atoms with Crippen LogP contribution in [0.15, 0.2) is 0 Å². The maximum atomic E-state index is 11.7. The standard InChI is InChI=1S/C14H24N2O3/c1-14(2,12(17)18)8-16-13(19)15-7-11(9-3-4-9)10-5-6-10/h9-11H,3-8H2,1-2H3,(H,17,18)(H2,15,16,19). The molecule has 0 heterocycles. The molecule has 0 aromatic heterocycles. The molecule has 0 aromatic rings. The second kappa shape index (κ2) is 5.39. The van der Waals surface area contributed by atoms with Crippen molar-refractivity contribution in [1.82, 2.24) is 10.6 Å². The first-order chi connectivity index (χ1) is 8.90. The lowest BCUT2D eigenvalue weighted by Crippen LogP contribution is -2.45. The van der Waals surface area contributed by atoms with Crippen LogP contribution in [-0.4, -0.2) is 30.2 Å². The summed E-state index contributed by atoms with van der Waals surface area (Å²) in [6, 6.07) is -0.249. The summed E-state index contributed by atoms with van der Waals surface area (Å²) >= 11 is 0. The minimum absolute atomic E-state index is 0.145. The SMILES string of the molecule is CC(C)(CNC(=O)NCC(C1CC1)C1CC1)C(=O)O. The lowest BCUT2D eigenvalue weighted by molar-refractivity contribution is -0.146. The van der Waals surface area contributed by atoms with Crippen molar-refractivity contribution in [2.45, 2.75) is 39.5 Å². The number of carboxylic acids is 1. The zero-order valence-electron chi connectivity index (χ0n) is 11.7. The number of urea groups is 1. The first kappa shape index (κ1) is 14.2. The van der Waals surface area contributed by atoms with Crippen molar-refractivity contribution in [2.24, 2.45) is 23.2 Å². The second-order valence-electron chi connectivity index (χ2n) is 6.59. The highest BCUT2D eigenvalue weighted by molar-refractivity contribution is 5.77. The van der Waals surface area contributed by atoms with Gasteiger partial charge in [-0.05, 0) is 57.3 Å². The Morgan fingerprint density at radius 1 is 1.16 bits per heavy atom. The summed E-state index contributed by atoms with van der Waals surface area (Å²) in [6.07, 6.45) is 5.21. The minimum Gasteiger partial charge on any atom is -0.481 e. The van der Waals surface area contributed by atoms with Crippen LogP contribution >= 0.6 is 0 Å². The van der Waals surface area contributed by atoms with Gasteiger partial charge in [-0.25, -0.2) is 4.79 Å². The average Bonchev–Trinajstić information content (AvgIpc) is 3.19. The summed E-state index contributed by atoms with van der Waals surface area (Å²) in [6.45, 7) is 4.08. The molecule has 2 rings (SSSR count). The summed E-state index contributed by atoms with van der Waals surface area (Å²) in [5.74, 6) is 1.35. The highest BCUT2D eigenvalue weighted by Crippen LogP contribution is 2.48. The fraction of sp³-hybridized carbons (Fsp3) is 0.857. The van der Waals surface area contributed by atoms with E-state index >= 15 is 0 Å². The van der Waals surface area contributed by atoms with Crippen LogP contribution in [0.4, 0.5) is 4.79 Å². The summed E-state index contributed by atoms with van der Waals surface area (Å²) in [5, 5.41) is 14.5. The number of aliphatic carboxylic acids is 1. The van der Waals surface area contributed by atoms with Gasteiger partial charge < -0.3 is 15.7 Å². The zero-order valence-corrected chi connectivity index (χ0v) is 11.7. The predicted molar refractivity (Wildman–Crippen MR) is 71.8 cm³/mol. The first-order valence-corrected chi connectivity index (χ1v) is 7.15. The van der Waals surface area contributed by atoms with Gasteiger partial charge in [-0.15, -0.1) is 0 Å². The number of nitrogens with one attached hydrogen (secondary N) is 2. The minimum atomic E-state index is -0.927. The van der Waals surface area contributed by atoms with Gasteiger partial charge in [-0.3, -0.25) is 4.79 Å². The van der Waals surface area contributed by atoms with Crippen LogP contribution in [0.5, 0.6) is 0 Å². The van der Waals surface area contributed by atoms with Crippen LogP contribution in [0, 0.1) is 23.2 Å². The molecule has 0 bridgehead atoms. The number of hydrogen-bond acceptors (Lipinski definition) is 2. The van der Waals surface area contributed by atoms with E-state index in [9.17, 15) is 9.59 Å². The van der Waals surface area contributed by atoms with Gasteiger partial charge in [-0.2, -0.15) is 0 Å². The third-order valence-electron chi connectivity index (χ3n) is 4.22. The molecule has 5 heteroatoms. The predicted octanol–water partition coefficient (Wildman–Crippen LogP) is 1.83. The highest BCUT2D eigenvalue weighted by Gasteiger charge is 2.41. The van der Waals surface area contributed by atoms with Crippen molar-refractivity contribution in [3.8, 4) is 0 Å². The van der Waals surface area contributed by atoms with E-state index in [0.717, 1.165) is 18.4 Å². The molecule has 0 saturated heterocycles. The summed E-state index contributed by atoms with van der Waals surface area (Å²) in [5.41, 5.74) is -0.927. The van der Waals surface area contributed by atoms with Crippen LogP contribution in [-0.2, 0) is 4.79 Å². The molecule has 0 aromatic carbocycles. The molecule has 0 spiro atoms. The van der Waals surface area contributed by atoms with Gasteiger partial charge in [0.1, 0.15) is 0 Å².